The number of para-hydroxylation sites is 1. The lowest BCUT2D eigenvalue weighted by molar-refractivity contribution is 0.477. The second kappa shape index (κ2) is 8.54. The number of anilines is 1. The molecule has 3 aromatic carbocycles. The summed E-state index contributed by atoms with van der Waals surface area (Å²) in [6.07, 6.45) is 1.61. The molecule has 4 aromatic rings. The van der Waals surface area contributed by atoms with Gasteiger partial charge in [0, 0.05) is 21.7 Å². The standard InChI is InChI=1S/C23H17ClN4O/c24-19-12-6-4-10-17(19)15-25-28-23-26-20(16-8-2-1-3-9-16)14-21(27-23)18-11-5-7-13-22(18)29/h1-15,29H,(H,26,27,28). The summed E-state index contributed by atoms with van der Waals surface area (Å²) in [7, 11) is 0. The minimum absolute atomic E-state index is 0.149. The van der Waals surface area contributed by atoms with E-state index in [4.69, 9.17) is 11.6 Å². The molecule has 2 N–H and O–H groups in total. The lowest BCUT2D eigenvalue weighted by Crippen LogP contribution is -2.00. The average Bonchev–Trinajstić information content (AvgIpc) is 2.76. The van der Waals surface area contributed by atoms with Gasteiger partial charge in [0.25, 0.3) is 0 Å². The third kappa shape index (κ3) is 4.42. The topological polar surface area (TPSA) is 70.4 Å². The quantitative estimate of drug-likeness (QED) is 0.337. The van der Waals surface area contributed by atoms with Crippen molar-refractivity contribution in [1.82, 2.24) is 9.97 Å². The summed E-state index contributed by atoms with van der Waals surface area (Å²) in [6, 6.07) is 26.1. The molecule has 1 aromatic heterocycles. The van der Waals surface area contributed by atoms with Gasteiger partial charge in [0.15, 0.2) is 0 Å². The fourth-order valence-corrected chi connectivity index (χ4v) is 3.01. The summed E-state index contributed by atoms with van der Waals surface area (Å²) in [5.74, 6) is 0.462. The molecule has 142 valence electrons. The van der Waals surface area contributed by atoms with Crippen LogP contribution < -0.4 is 5.43 Å². The highest BCUT2D eigenvalue weighted by molar-refractivity contribution is 6.33. The van der Waals surface area contributed by atoms with E-state index in [0.29, 0.717) is 27.9 Å². The van der Waals surface area contributed by atoms with Gasteiger partial charge in [0.2, 0.25) is 5.95 Å². The Labute approximate surface area is 173 Å². The van der Waals surface area contributed by atoms with Crippen LogP contribution in [0.2, 0.25) is 5.02 Å². The Morgan fingerprint density at radius 1 is 0.828 bits per heavy atom. The molecule has 0 atom stereocenters. The van der Waals surface area contributed by atoms with Crippen LogP contribution in [0.3, 0.4) is 0 Å². The van der Waals surface area contributed by atoms with Crippen molar-refractivity contribution in [1.29, 1.82) is 0 Å². The van der Waals surface area contributed by atoms with E-state index in [0.717, 1.165) is 11.1 Å². The van der Waals surface area contributed by atoms with Crippen molar-refractivity contribution < 1.29 is 5.11 Å². The van der Waals surface area contributed by atoms with E-state index in [1.165, 1.54) is 0 Å². The Kier molecular flexibility index (Phi) is 5.49. The van der Waals surface area contributed by atoms with E-state index in [2.05, 4.69) is 20.5 Å². The molecule has 0 aliphatic rings. The lowest BCUT2D eigenvalue weighted by Gasteiger charge is -2.09. The average molecular weight is 401 g/mol. The van der Waals surface area contributed by atoms with E-state index in [1.54, 1.807) is 24.4 Å². The van der Waals surface area contributed by atoms with Gasteiger partial charge in [0.1, 0.15) is 5.75 Å². The summed E-state index contributed by atoms with van der Waals surface area (Å²) in [4.78, 5) is 9.08. The molecular weight excluding hydrogens is 384 g/mol. The van der Waals surface area contributed by atoms with Crippen LogP contribution in [-0.2, 0) is 0 Å². The smallest absolute Gasteiger partial charge is 0.244 e. The zero-order valence-electron chi connectivity index (χ0n) is 15.3. The number of rotatable bonds is 5. The van der Waals surface area contributed by atoms with Gasteiger partial charge in [-0.25, -0.2) is 15.4 Å². The Balaban J connectivity index is 1.72. The highest BCUT2D eigenvalue weighted by atomic mass is 35.5. The Hall–Kier alpha value is -3.70. The number of halogens is 1. The van der Waals surface area contributed by atoms with E-state index in [9.17, 15) is 5.11 Å². The fourth-order valence-electron chi connectivity index (χ4n) is 2.82. The molecule has 0 saturated heterocycles. The molecule has 5 nitrogen and oxygen atoms in total. The van der Waals surface area contributed by atoms with E-state index < -0.39 is 0 Å². The number of phenols is 1. The number of nitrogens with one attached hydrogen (secondary N) is 1. The van der Waals surface area contributed by atoms with Gasteiger partial charge in [-0.2, -0.15) is 5.10 Å². The Morgan fingerprint density at radius 3 is 2.31 bits per heavy atom. The normalized spacial score (nSPS) is 10.9. The summed E-state index contributed by atoms with van der Waals surface area (Å²) in [5, 5.41) is 15.1. The maximum absolute atomic E-state index is 10.2. The molecule has 0 aliphatic heterocycles. The minimum atomic E-state index is 0.149. The van der Waals surface area contributed by atoms with Gasteiger partial charge in [-0.05, 0) is 24.3 Å². The molecule has 0 spiro atoms. The maximum atomic E-state index is 10.2. The zero-order chi connectivity index (χ0) is 20.1. The van der Waals surface area contributed by atoms with Crippen LogP contribution in [0.15, 0.2) is 90.0 Å². The van der Waals surface area contributed by atoms with Crippen LogP contribution in [-0.4, -0.2) is 21.3 Å². The first-order valence-corrected chi connectivity index (χ1v) is 9.35. The number of aromatic nitrogens is 2. The highest BCUT2D eigenvalue weighted by Gasteiger charge is 2.11. The molecular formula is C23H17ClN4O. The fraction of sp³-hybridized carbons (Fsp3) is 0. The van der Waals surface area contributed by atoms with Crippen molar-refractivity contribution in [3.63, 3.8) is 0 Å². The van der Waals surface area contributed by atoms with Crippen molar-refractivity contribution in [3.05, 3.63) is 95.5 Å². The van der Waals surface area contributed by atoms with Crippen molar-refractivity contribution in [2.24, 2.45) is 5.10 Å². The zero-order valence-corrected chi connectivity index (χ0v) is 16.1. The SMILES string of the molecule is Oc1ccccc1-c1cc(-c2ccccc2)nc(NN=Cc2ccccc2Cl)n1. The monoisotopic (exact) mass is 400 g/mol. The maximum Gasteiger partial charge on any atom is 0.244 e. The number of hydrogen-bond donors (Lipinski definition) is 2. The molecule has 0 saturated carbocycles. The number of phenolic OH excluding ortho intramolecular Hbond substituents is 1. The van der Waals surface area contributed by atoms with Crippen LogP contribution in [0, 0.1) is 0 Å². The molecule has 1 heterocycles. The van der Waals surface area contributed by atoms with Gasteiger partial charge in [-0.3, -0.25) is 0 Å². The van der Waals surface area contributed by atoms with Gasteiger partial charge in [0.05, 0.1) is 17.6 Å². The molecule has 6 heteroatoms. The molecule has 0 unspecified atom stereocenters. The first-order valence-electron chi connectivity index (χ1n) is 8.97. The van der Waals surface area contributed by atoms with E-state index in [-0.39, 0.29) is 5.75 Å². The van der Waals surface area contributed by atoms with Gasteiger partial charge >= 0.3 is 0 Å². The molecule has 0 radical (unpaired) electrons. The van der Waals surface area contributed by atoms with Crippen molar-refractivity contribution in [3.8, 4) is 28.3 Å². The number of nitrogens with zero attached hydrogens (tertiary/aromatic N) is 3. The summed E-state index contributed by atoms with van der Waals surface area (Å²) < 4.78 is 0. The molecule has 0 bridgehead atoms. The summed E-state index contributed by atoms with van der Waals surface area (Å²) in [5.41, 5.74) is 6.50. The van der Waals surface area contributed by atoms with Crippen molar-refractivity contribution >= 4 is 23.8 Å². The predicted octanol–water partition coefficient (Wildman–Crippen LogP) is 5.62. The van der Waals surface area contributed by atoms with Crippen LogP contribution >= 0.6 is 11.6 Å². The molecule has 0 amide bonds. The van der Waals surface area contributed by atoms with E-state index >= 15 is 0 Å². The number of hydrogen-bond acceptors (Lipinski definition) is 5. The van der Waals surface area contributed by atoms with Crippen LogP contribution in [0.4, 0.5) is 5.95 Å². The van der Waals surface area contributed by atoms with E-state index in [1.807, 2.05) is 66.7 Å². The number of hydrazone groups is 1. The number of aromatic hydroxyl groups is 1. The first kappa shape index (κ1) is 18.7. The van der Waals surface area contributed by atoms with Crippen LogP contribution in [0.25, 0.3) is 22.5 Å². The van der Waals surface area contributed by atoms with Crippen molar-refractivity contribution in [2.75, 3.05) is 5.43 Å². The van der Waals surface area contributed by atoms with Crippen LogP contribution in [0.5, 0.6) is 5.75 Å². The van der Waals surface area contributed by atoms with Gasteiger partial charge < -0.3 is 5.11 Å². The van der Waals surface area contributed by atoms with Crippen LogP contribution in [0.1, 0.15) is 5.56 Å². The molecule has 0 aliphatic carbocycles. The van der Waals surface area contributed by atoms with Gasteiger partial charge in [-0.15, -0.1) is 0 Å². The second-order valence-electron chi connectivity index (χ2n) is 6.24. The first-order chi connectivity index (χ1) is 14.2. The molecule has 4 rings (SSSR count). The predicted molar refractivity (Wildman–Crippen MR) is 117 cm³/mol. The third-order valence-electron chi connectivity index (χ3n) is 4.25. The Morgan fingerprint density at radius 2 is 1.52 bits per heavy atom. The molecule has 0 fully saturated rings. The largest absolute Gasteiger partial charge is 0.507 e. The summed E-state index contributed by atoms with van der Waals surface area (Å²) in [6.45, 7) is 0. The number of benzene rings is 3. The third-order valence-corrected chi connectivity index (χ3v) is 4.59. The van der Waals surface area contributed by atoms with Gasteiger partial charge in [-0.1, -0.05) is 72.3 Å². The second-order valence-corrected chi connectivity index (χ2v) is 6.64. The molecule has 29 heavy (non-hydrogen) atoms. The highest BCUT2D eigenvalue weighted by Crippen LogP contribution is 2.30. The van der Waals surface area contributed by atoms with Crippen molar-refractivity contribution in [2.45, 2.75) is 0 Å². The Bertz CT molecular complexity index is 1160. The lowest BCUT2D eigenvalue weighted by atomic mass is 10.1. The summed E-state index contributed by atoms with van der Waals surface area (Å²) >= 11 is 6.16. The minimum Gasteiger partial charge on any atom is -0.507 e.